The summed E-state index contributed by atoms with van der Waals surface area (Å²) in [6.45, 7) is 7.92. The molecule has 3 N–H and O–H groups in total. The van der Waals surface area contributed by atoms with E-state index in [9.17, 15) is 9.59 Å². The molecule has 2 aromatic rings. The molecule has 0 saturated heterocycles. The smallest absolute Gasteiger partial charge is 0.313 e. The van der Waals surface area contributed by atoms with Crippen molar-refractivity contribution < 1.29 is 14.5 Å². The fourth-order valence-electron chi connectivity index (χ4n) is 2.62. The second-order valence-corrected chi connectivity index (χ2v) is 5.65. The molecule has 0 fully saturated rings. The maximum Gasteiger partial charge on any atom is 0.313 e. The third-order valence-corrected chi connectivity index (χ3v) is 4.09. The molecule has 6 nitrogen and oxygen atoms in total. The average Bonchev–Trinajstić information content (AvgIpc) is 2.62. The number of pyridine rings is 1. The van der Waals surface area contributed by atoms with Crippen LogP contribution >= 0.6 is 0 Å². The minimum Gasteiger partial charge on any atom is -0.348 e. The van der Waals surface area contributed by atoms with E-state index in [0.717, 1.165) is 37.0 Å². The molecule has 0 unspecified atom stereocenters. The molecule has 1 aromatic carbocycles. The molecule has 2 rings (SSSR count). The largest absolute Gasteiger partial charge is 0.348 e. The van der Waals surface area contributed by atoms with Crippen LogP contribution in [0.4, 0.5) is 5.69 Å². The lowest BCUT2D eigenvalue weighted by Crippen LogP contribution is -3.11. The van der Waals surface area contributed by atoms with E-state index in [2.05, 4.69) is 29.5 Å². The van der Waals surface area contributed by atoms with E-state index in [1.54, 1.807) is 24.4 Å². The van der Waals surface area contributed by atoms with Crippen LogP contribution in [0, 0.1) is 0 Å². The highest BCUT2D eigenvalue weighted by Crippen LogP contribution is 2.20. The number of carbonyl (C=O) groups excluding carboxylic acids is 2. The van der Waals surface area contributed by atoms with Gasteiger partial charge >= 0.3 is 11.8 Å². The van der Waals surface area contributed by atoms with E-state index in [1.165, 1.54) is 4.90 Å². The Kier molecular flexibility index (Phi) is 6.69. The predicted molar refractivity (Wildman–Crippen MR) is 94.9 cm³/mol. The summed E-state index contributed by atoms with van der Waals surface area (Å²) in [5, 5.41) is 6.15. The Morgan fingerprint density at radius 2 is 1.88 bits per heavy atom. The summed E-state index contributed by atoms with van der Waals surface area (Å²) in [6, 6.07) is 9.09. The quantitative estimate of drug-likeness (QED) is 0.514. The monoisotopic (exact) mass is 329 g/mol. The van der Waals surface area contributed by atoms with Crippen LogP contribution in [0.3, 0.4) is 0 Å². The van der Waals surface area contributed by atoms with Gasteiger partial charge in [0.05, 0.1) is 30.8 Å². The molecule has 0 radical (unpaired) electrons. The van der Waals surface area contributed by atoms with Gasteiger partial charge in [-0.3, -0.25) is 14.6 Å². The van der Waals surface area contributed by atoms with Crippen LogP contribution in [0.25, 0.3) is 10.9 Å². The van der Waals surface area contributed by atoms with E-state index in [4.69, 9.17) is 0 Å². The first-order valence-corrected chi connectivity index (χ1v) is 8.42. The topological polar surface area (TPSA) is 75.5 Å². The minimum absolute atomic E-state index is 0.507. The number of aromatic nitrogens is 1. The number of fused-ring (bicyclic) bond motifs is 1. The SMILES string of the molecule is CC[NH+](CC)CCCNC(=O)C(=O)Nc1cccc2ncccc12. The van der Waals surface area contributed by atoms with E-state index >= 15 is 0 Å². The fraction of sp³-hybridized carbons (Fsp3) is 0.389. The molecule has 1 aromatic heterocycles. The van der Waals surface area contributed by atoms with Gasteiger partial charge in [-0.15, -0.1) is 0 Å². The van der Waals surface area contributed by atoms with Crippen molar-refractivity contribution in [2.45, 2.75) is 20.3 Å². The molecule has 1 heterocycles. The van der Waals surface area contributed by atoms with Crippen LogP contribution in [0.15, 0.2) is 36.5 Å². The highest BCUT2D eigenvalue weighted by molar-refractivity contribution is 6.40. The Morgan fingerprint density at radius 3 is 2.62 bits per heavy atom. The zero-order valence-corrected chi connectivity index (χ0v) is 14.3. The Bertz CT molecular complexity index is 693. The maximum absolute atomic E-state index is 12.0. The number of nitrogens with one attached hydrogen (secondary N) is 3. The van der Waals surface area contributed by atoms with E-state index in [0.29, 0.717) is 12.2 Å². The van der Waals surface area contributed by atoms with Gasteiger partial charge in [-0.2, -0.15) is 0 Å². The second kappa shape index (κ2) is 8.98. The summed E-state index contributed by atoms with van der Waals surface area (Å²) in [4.78, 5) is 29.7. The third-order valence-electron chi connectivity index (χ3n) is 4.09. The second-order valence-electron chi connectivity index (χ2n) is 5.65. The summed E-state index contributed by atoms with van der Waals surface area (Å²) >= 11 is 0. The van der Waals surface area contributed by atoms with Crippen LogP contribution in [-0.2, 0) is 9.59 Å². The van der Waals surface area contributed by atoms with Crippen LogP contribution < -0.4 is 15.5 Å². The molecule has 2 amide bonds. The Morgan fingerprint density at radius 1 is 1.08 bits per heavy atom. The first-order valence-electron chi connectivity index (χ1n) is 8.42. The molecule has 0 spiro atoms. The molecule has 0 bridgehead atoms. The lowest BCUT2D eigenvalue weighted by molar-refractivity contribution is -0.896. The van der Waals surface area contributed by atoms with Crippen LogP contribution in [-0.4, -0.2) is 43.0 Å². The number of quaternary nitrogens is 1. The zero-order chi connectivity index (χ0) is 17.4. The van der Waals surface area contributed by atoms with Gasteiger partial charge < -0.3 is 15.5 Å². The number of hydrogen-bond donors (Lipinski definition) is 3. The van der Waals surface area contributed by atoms with Gasteiger partial charge in [0.15, 0.2) is 0 Å². The number of amides is 2. The Hall–Kier alpha value is -2.47. The highest BCUT2D eigenvalue weighted by atomic mass is 16.2. The molecule has 0 saturated carbocycles. The van der Waals surface area contributed by atoms with Crippen molar-refractivity contribution in [2.75, 3.05) is 31.5 Å². The highest BCUT2D eigenvalue weighted by Gasteiger charge is 2.14. The minimum atomic E-state index is -0.651. The van der Waals surface area contributed by atoms with Crippen molar-refractivity contribution >= 4 is 28.4 Å². The number of benzene rings is 1. The summed E-state index contributed by atoms with van der Waals surface area (Å²) < 4.78 is 0. The van der Waals surface area contributed by atoms with Gasteiger partial charge in [-0.1, -0.05) is 6.07 Å². The van der Waals surface area contributed by atoms with Crippen molar-refractivity contribution in [3.63, 3.8) is 0 Å². The van der Waals surface area contributed by atoms with Gasteiger partial charge in [0.25, 0.3) is 0 Å². The zero-order valence-electron chi connectivity index (χ0n) is 14.3. The van der Waals surface area contributed by atoms with Crippen molar-refractivity contribution in [1.82, 2.24) is 10.3 Å². The molecule has 128 valence electrons. The molecule has 0 aliphatic heterocycles. The Balaban J connectivity index is 1.86. The molecule has 0 aliphatic rings. The molecule has 24 heavy (non-hydrogen) atoms. The van der Waals surface area contributed by atoms with Crippen molar-refractivity contribution in [3.05, 3.63) is 36.5 Å². The number of nitrogens with zero attached hydrogens (tertiary/aromatic N) is 1. The number of hydrogen-bond acceptors (Lipinski definition) is 3. The number of carbonyl (C=O) groups is 2. The third kappa shape index (κ3) is 4.76. The molecule has 0 aliphatic carbocycles. The standard InChI is InChI=1S/C18H24N4O2/c1-3-22(4-2)13-7-12-20-17(23)18(24)21-16-10-5-9-15-14(16)8-6-11-19-15/h5-6,8-11H,3-4,7,12-13H2,1-2H3,(H,20,23)(H,21,24)/p+1. The maximum atomic E-state index is 12.0. The molecular formula is C18H25N4O2+. The molecule has 6 heteroatoms. The van der Waals surface area contributed by atoms with Crippen LogP contribution in [0.1, 0.15) is 20.3 Å². The normalized spacial score (nSPS) is 10.8. The first-order chi connectivity index (χ1) is 11.7. The summed E-state index contributed by atoms with van der Waals surface area (Å²) in [7, 11) is 0. The average molecular weight is 329 g/mol. The van der Waals surface area contributed by atoms with Gasteiger partial charge in [0, 0.05) is 24.5 Å². The van der Waals surface area contributed by atoms with Crippen LogP contribution in [0.5, 0.6) is 0 Å². The lowest BCUT2D eigenvalue weighted by atomic mass is 10.2. The fourth-order valence-corrected chi connectivity index (χ4v) is 2.62. The molecule has 0 atom stereocenters. The van der Waals surface area contributed by atoms with Gasteiger partial charge in [0.2, 0.25) is 0 Å². The number of anilines is 1. The summed E-state index contributed by atoms with van der Waals surface area (Å²) in [6.07, 6.45) is 2.55. The van der Waals surface area contributed by atoms with E-state index in [-0.39, 0.29) is 0 Å². The number of rotatable bonds is 7. The van der Waals surface area contributed by atoms with Gasteiger partial charge in [-0.25, -0.2) is 0 Å². The molecular weight excluding hydrogens is 304 g/mol. The van der Waals surface area contributed by atoms with Gasteiger partial charge in [-0.05, 0) is 38.1 Å². The van der Waals surface area contributed by atoms with Crippen molar-refractivity contribution in [2.24, 2.45) is 0 Å². The summed E-state index contributed by atoms with van der Waals surface area (Å²) in [5.74, 6) is -1.26. The van der Waals surface area contributed by atoms with E-state index in [1.807, 2.05) is 12.1 Å². The van der Waals surface area contributed by atoms with Crippen molar-refractivity contribution in [3.8, 4) is 0 Å². The first kappa shape index (κ1) is 17.9. The van der Waals surface area contributed by atoms with Crippen LogP contribution in [0.2, 0.25) is 0 Å². The van der Waals surface area contributed by atoms with Gasteiger partial charge in [0.1, 0.15) is 0 Å². The lowest BCUT2D eigenvalue weighted by Gasteiger charge is -2.15. The summed E-state index contributed by atoms with van der Waals surface area (Å²) in [5.41, 5.74) is 1.37. The Labute approximate surface area is 142 Å². The predicted octanol–water partition coefficient (Wildman–Crippen LogP) is 0.604. The van der Waals surface area contributed by atoms with Crippen molar-refractivity contribution in [1.29, 1.82) is 0 Å². The van der Waals surface area contributed by atoms with E-state index < -0.39 is 11.8 Å².